The third kappa shape index (κ3) is 4.04. The summed E-state index contributed by atoms with van der Waals surface area (Å²) in [6.07, 6.45) is -5.69. The Balaban J connectivity index is 2.04. The fraction of sp³-hybridized carbons (Fsp3) is 0.278. The molecule has 0 bridgehead atoms. The van der Waals surface area contributed by atoms with Gasteiger partial charge in [0.2, 0.25) is 0 Å². The number of ether oxygens (including phenoxy) is 1. The van der Waals surface area contributed by atoms with Gasteiger partial charge >= 0.3 is 6.18 Å². The van der Waals surface area contributed by atoms with Crippen LogP contribution in [-0.4, -0.2) is 32.2 Å². The lowest BCUT2D eigenvalue weighted by molar-refractivity contribution is -0.143. The third-order valence-electron chi connectivity index (χ3n) is 4.36. The van der Waals surface area contributed by atoms with Crippen molar-refractivity contribution in [2.45, 2.75) is 6.18 Å². The quantitative estimate of drug-likeness (QED) is 0.522. The molecular weight excluding hydrogens is 445 g/mol. The first-order chi connectivity index (χ1) is 14.0. The molecule has 1 aliphatic rings. The van der Waals surface area contributed by atoms with Crippen LogP contribution in [-0.2, 0) is 10.9 Å². The molecule has 0 unspecified atom stereocenters. The summed E-state index contributed by atoms with van der Waals surface area (Å²) in [5, 5.41) is 1.45. The molecule has 1 aliphatic heterocycles. The molecule has 12 heteroatoms. The van der Waals surface area contributed by atoms with Gasteiger partial charge in [0.25, 0.3) is 5.91 Å². The molecule has 2 aromatic rings. The van der Waals surface area contributed by atoms with Gasteiger partial charge in [0.15, 0.2) is 23.3 Å². The highest BCUT2D eigenvalue weighted by Crippen LogP contribution is 2.39. The number of halogens is 8. The Morgan fingerprint density at radius 3 is 2.10 bits per heavy atom. The van der Waals surface area contributed by atoms with Crippen molar-refractivity contribution < 1.29 is 40.3 Å². The predicted octanol–water partition coefficient (Wildman–Crippen LogP) is 5.00. The van der Waals surface area contributed by atoms with E-state index in [1.807, 2.05) is 0 Å². The zero-order valence-electron chi connectivity index (χ0n) is 14.8. The van der Waals surface area contributed by atoms with Crippen molar-refractivity contribution in [1.29, 1.82) is 0 Å². The summed E-state index contributed by atoms with van der Waals surface area (Å²) in [6.45, 7) is 1.36. The minimum Gasteiger partial charge on any atom is -0.378 e. The number of hydrogen-bond donors (Lipinski definition) is 1. The summed E-state index contributed by atoms with van der Waals surface area (Å²) < 4.78 is 99.1. The molecule has 1 fully saturated rings. The molecule has 0 saturated carbocycles. The minimum atomic E-state index is -5.69. The zero-order valence-corrected chi connectivity index (χ0v) is 15.6. The first-order valence-corrected chi connectivity index (χ1v) is 8.77. The van der Waals surface area contributed by atoms with Gasteiger partial charge in [0.1, 0.15) is 11.3 Å². The topological polar surface area (TPSA) is 41.6 Å². The van der Waals surface area contributed by atoms with E-state index >= 15 is 0 Å². The Labute approximate surface area is 170 Å². The Hall–Kier alpha value is -2.53. The Morgan fingerprint density at radius 1 is 1.00 bits per heavy atom. The van der Waals surface area contributed by atoms with E-state index in [1.54, 1.807) is 10.2 Å². The molecule has 0 spiro atoms. The van der Waals surface area contributed by atoms with E-state index in [9.17, 15) is 35.5 Å². The largest absolute Gasteiger partial charge is 0.422 e. The minimum absolute atomic E-state index is 0.148. The van der Waals surface area contributed by atoms with Gasteiger partial charge in [-0.3, -0.25) is 4.79 Å². The van der Waals surface area contributed by atoms with Crippen LogP contribution in [0.1, 0.15) is 15.9 Å². The lowest BCUT2D eigenvalue weighted by Crippen LogP contribution is -2.37. The molecule has 4 nitrogen and oxygen atoms in total. The van der Waals surface area contributed by atoms with Crippen LogP contribution < -0.4 is 10.2 Å². The normalized spacial score (nSPS) is 14.7. The monoisotopic (exact) mass is 456 g/mol. The lowest BCUT2D eigenvalue weighted by Gasteiger charge is -2.30. The van der Waals surface area contributed by atoms with Gasteiger partial charge in [-0.05, 0) is 12.1 Å². The van der Waals surface area contributed by atoms with Gasteiger partial charge in [-0.1, -0.05) is 17.7 Å². The van der Waals surface area contributed by atoms with E-state index in [-0.39, 0.29) is 16.3 Å². The van der Waals surface area contributed by atoms with Crippen molar-refractivity contribution in [2.24, 2.45) is 0 Å². The van der Waals surface area contributed by atoms with Gasteiger partial charge < -0.3 is 15.0 Å². The number of rotatable bonds is 3. The molecule has 1 saturated heterocycles. The van der Waals surface area contributed by atoms with Crippen molar-refractivity contribution in [3.05, 3.63) is 57.6 Å². The first-order valence-electron chi connectivity index (χ1n) is 8.39. The molecular formula is C18H12ClF7N2O2. The van der Waals surface area contributed by atoms with Crippen molar-refractivity contribution in [1.82, 2.24) is 0 Å². The second kappa shape index (κ2) is 8.31. The maximum absolute atomic E-state index is 14.1. The fourth-order valence-corrected chi connectivity index (χ4v) is 3.23. The lowest BCUT2D eigenvalue weighted by atomic mass is 10.1. The maximum atomic E-state index is 14.1. The van der Waals surface area contributed by atoms with Crippen LogP contribution in [0.2, 0.25) is 5.02 Å². The zero-order chi connectivity index (χ0) is 22.2. The smallest absolute Gasteiger partial charge is 0.378 e. The van der Waals surface area contributed by atoms with Crippen LogP contribution in [0, 0.1) is 23.3 Å². The molecule has 162 valence electrons. The van der Waals surface area contributed by atoms with Gasteiger partial charge in [-0.25, -0.2) is 17.6 Å². The van der Waals surface area contributed by atoms with E-state index in [0.29, 0.717) is 26.3 Å². The average Bonchev–Trinajstić information content (AvgIpc) is 2.69. The number of anilines is 2. The standard InChI is InChI=1S/C18H12ClF7N2O2/c19-8-2-1-3-9(28-4-6-30-7-5-28)10(8)17(29)27-16-14(22)12(20)11(18(24,25)26)13(21)15(16)23/h1-3H,4-7H2,(H,27,29). The number of carbonyl (C=O) groups is 1. The van der Waals surface area contributed by atoms with Crippen LogP contribution in [0.3, 0.4) is 0 Å². The number of morpholine rings is 1. The third-order valence-corrected chi connectivity index (χ3v) is 4.67. The molecule has 1 amide bonds. The molecule has 0 aromatic heterocycles. The predicted molar refractivity (Wildman–Crippen MR) is 93.7 cm³/mol. The maximum Gasteiger partial charge on any atom is 0.422 e. The second-order valence-electron chi connectivity index (χ2n) is 6.19. The fourth-order valence-electron chi connectivity index (χ4n) is 2.97. The SMILES string of the molecule is O=C(Nc1c(F)c(F)c(C(F)(F)F)c(F)c1F)c1c(Cl)cccc1N1CCOCC1. The number of benzene rings is 2. The highest BCUT2D eigenvalue weighted by Gasteiger charge is 2.42. The Bertz CT molecular complexity index is 962. The van der Waals surface area contributed by atoms with E-state index < -0.39 is 46.6 Å². The molecule has 1 N–H and O–H groups in total. The second-order valence-corrected chi connectivity index (χ2v) is 6.60. The number of nitrogens with one attached hydrogen (secondary N) is 1. The van der Waals surface area contributed by atoms with E-state index in [4.69, 9.17) is 16.3 Å². The van der Waals surface area contributed by atoms with Crippen LogP contribution in [0.4, 0.5) is 42.1 Å². The summed E-state index contributed by atoms with van der Waals surface area (Å²) in [5.41, 5.74) is -4.46. The first kappa shape index (κ1) is 22.2. The molecule has 0 atom stereocenters. The van der Waals surface area contributed by atoms with Crippen LogP contribution in [0.15, 0.2) is 18.2 Å². The van der Waals surface area contributed by atoms with E-state index in [0.717, 1.165) is 0 Å². The molecule has 0 radical (unpaired) electrons. The molecule has 0 aliphatic carbocycles. The number of carbonyl (C=O) groups excluding carboxylic acids is 1. The summed E-state index contributed by atoms with van der Waals surface area (Å²) in [4.78, 5) is 14.3. The van der Waals surface area contributed by atoms with Gasteiger partial charge in [-0.15, -0.1) is 0 Å². The number of hydrogen-bond acceptors (Lipinski definition) is 3. The van der Waals surface area contributed by atoms with E-state index in [2.05, 4.69) is 0 Å². The average molecular weight is 457 g/mol. The Morgan fingerprint density at radius 2 is 1.57 bits per heavy atom. The number of amides is 1. The number of alkyl halides is 3. The van der Waals surface area contributed by atoms with Crippen LogP contribution in [0.25, 0.3) is 0 Å². The number of nitrogens with zero attached hydrogens (tertiary/aromatic N) is 1. The molecule has 1 heterocycles. The molecule has 30 heavy (non-hydrogen) atoms. The van der Waals surface area contributed by atoms with E-state index in [1.165, 1.54) is 18.2 Å². The Kier molecular flexibility index (Phi) is 6.14. The van der Waals surface area contributed by atoms with Gasteiger partial charge in [0.05, 0.1) is 29.5 Å². The highest BCUT2D eigenvalue weighted by atomic mass is 35.5. The summed E-state index contributed by atoms with van der Waals surface area (Å²) in [5.74, 6) is -11.4. The summed E-state index contributed by atoms with van der Waals surface area (Å²) >= 11 is 6.03. The van der Waals surface area contributed by atoms with Crippen LogP contribution in [0.5, 0.6) is 0 Å². The van der Waals surface area contributed by atoms with Crippen molar-refractivity contribution in [3.63, 3.8) is 0 Å². The van der Waals surface area contributed by atoms with Gasteiger partial charge in [-0.2, -0.15) is 13.2 Å². The van der Waals surface area contributed by atoms with Crippen LogP contribution >= 0.6 is 11.6 Å². The van der Waals surface area contributed by atoms with Gasteiger partial charge in [0, 0.05) is 13.1 Å². The van der Waals surface area contributed by atoms with Crippen molar-refractivity contribution in [2.75, 3.05) is 36.5 Å². The molecule has 3 rings (SSSR count). The molecule has 2 aromatic carbocycles. The summed E-state index contributed by atoms with van der Waals surface area (Å²) in [6, 6.07) is 4.27. The summed E-state index contributed by atoms with van der Waals surface area (Å²) in [7, 11) is 0. The van der Waals surface area contributed by atoms with Crippen molar-refractivity contribution in [3.8, 4) is 0 Å². The van der Waals surface area contributed by atoms with Crippen molar-refractivity contribution >= 4 is 28.9 Å². The highest BCUT2D eigenvalue weighted by molar-refractivity contribution is 6.35.